The van der Waals surface area contributed by atoms with Crippen LogP contribution >= 0.6 is 0 Å². The Morgan fingerprint density at radius 1 is 0.957 bits per heavy atom. The van der Waals surface area contributed by atoms with E-state index >= 15 is 0 Å². The van der Waals surface area contributed by atoms with Crippen molar-refractivity contribution in [3.05, 3.63) is 67.1 Å². The highest BCUT2D eigenvalue weighted by Crippen LogP contribution is 2.12. The first-order valence-electron chi connectivity index (χ1n) is 7.13. The maximum Gasteiger partial charge on any atom is 0.180 e. The quantitative estimate of drug-likeness (QED) is 0.622. The summed E-state index contributed by atoms with van der Waals surface area (Å²) in [7, 11) is 0. The number of imidazole rings is 1. The Labute approximate surface area is 132 Å². The molecule has 0 spiro atoms. The molecule has 112 valence electrons. The normalized spacial score (nSPS) is 10.8. The van der Waals surface area contributed by atoms with Crippen LogP contribution in [0.4, 0.5) is 5.82 Å². The van der Waals surface area contributed by atoms with Gasteiger partial charge in [0.15, 0.2) is 5.65 Å². The molecule has 7 heteroatoms. The molecule has 0 aliphatic rings. The molecule has 0 saturated carbocycles. The average molecular weight is 303 g/mol. The number of fused-ring (bicyclic) bond motifs is 1. The van der Waals surface area contributed by atoms with Crippen molar-refractivity contribution in [3.8, 4) is 5.82 Å². The van der Waals surface area contributed by atoms with Gasteiger partial charge in [0.25, 0.3) is 0 Å². The zero-order chi connectivity index (χ0) is 15.5. The molecule has 1 N–H and O–H groups in total. The predicted octanol–water partition coefficient (Wildman–Crippen LogP) is 2.22. The molecule has 0 atom stereocenters. The first kappa shape index (κ1) is 13.3. The standard InChI is InChI=1S/C16H13N7/c1-2-14(22-16-13(1)18-5-6-20-16)21-10-12-3-4-19-15(9-12)23-8-7-17-11-23/h1-9,11H,10H2,(H,20,21,22). The molecule has 4 aromatic rings. The van der Waals surface area contributed by atoms with Crippen molar-refractivity contribution >= 4 is 17.0 Å². The maximum atomic E-state index is 4.45. The Hall–Kier alpha value is -3.35. The van der Waals surface area contributed by atoms with Crippen LogP contribution in [0.25, 0.3) is 17.0 Å². The van der Waals surface area contributed by atoms with E-state index in [9.17, 15) is 0 Å². The van der Waals surface area contributed by atoms with Crippen LogP contribution < -0.4 is 5.32 Å². The number of rotatable bonds is 4. The van der Waals surface area contributed by atoms with Gasteiger partial charge in [0.05, 0.1) is 0 Å². The summed E-state index contributed by atoms with van der Waals surface area (Å²) in [5.41, 5.74) is 2.51. The Kier molecular flexibility index (Phi) is 3.36. The minimum Gasteiger partial charge on any atom is -0.366 e. The van der Waals surface area contributed by atoms with Gasteiger partial charge in [-0.3, -0.25) is 9.55 Å². The highest BCUT2D eigenvalue weighted by molar-refractivity contribution is 5.71. The van der Waals surface area contributed by atoms with E-state index in [-0.39, 0.29) is 0 Å². The highest BCUT2D eigenvalue weighted by Gasteiger charge is 2.02. The fraction of sp³-hybridized carbons (Fsp3) is 0.0625. The van der Waals surface area contributed by atoms with Gasteiger partial charge in [-0.1, -0.05) is 0 Å². The van der Waals surface area contributed by atoms with Gasteiger partial charge in [-0.15, -0.1) is 0 Å². The van der Waals surface area contributed by atoms with Crippen LogP contribution in [0.1, 0.15) is 5.56 Å². The number of pyridine rings is 2. The van der Waals surface area contributed by atoms with Crippen LogP contribution in [0.2, 0.25) is 0 Å². The lowest BCUT2D eigenvalue weighted by Gasteiger charge is -2.08. The van der Waals surface area contributed by atoms with Crippen molar-refractivity contribution in [2.75, 3.05) is 5.32 Å². The minimum atomic E-state index is 0.631. The van der Waals surface area contributed by atoms with Crippen LogP contribution in [0, 0.1) is 0 Å². The van der Waals surface area contributed by atoms with Crippen molar-refractivity contribution in [2.24, 2.45) is 0 Å². The number of nitrogens with one attached hydrogen (secondary N) is 1. The molecule has 7 nitrogen and oxygen atoms in total. The highest BCUT2D eigenvalue weighted by atomic mass is 15.1. The van der Waals surface area contributed by atoms with Crippen LogP contribution in [0.15, 0.2) is 61.6 Å². The summed E-state index contributed by atoms with van der Waals surface area (Å²) in [4.78, 5) is 21.2. The lowest BCUT2D eigenvalue weighted by atomic mass is 10.2. The monoisotopic (exact) mass is 303 g/mol. The first-order valence-corrected chi connectivity index (χ1v) is 7.13. The molecule has 4 rings (SSSR count). The van der Waals surface area contributed by atoms with Gasteiger partial charge in [0.1, 0.15) is 23.5 Å². The van der Waals surface area contributed by atoms with Crippen LogP contribution in [0.3, 0.4) is 0 Å². The van der Waals surface area contributed by atoms with Gasteiger partial charge in [-0.05, 0) is 29.8 Å². The number of hydrogen-bond donors (Lipinski definition) is 1. The summed E-state index contributed by atoms with van der Waals surface area (Å²) in [5, 5.41) is 3.29. The topological polar surface area (TPSA) is 81.4 Å². The third kappa shape index (κ3) is 2.84. The third-order valence-corrected chi connectivity index (χ3v) is 3.38. The Balaban J connectivity index is 1.53. The SMILES string of the molecule is c1cn(-c2cc(CNc3ccc4nccnc4n3)ccn2)cn1. The lowest BCUT2D eigenvalue weighted by molar-refractivity contribution is 0.977. The number of nitrogens with zero attached hydrogens (tertiary/aromatic N) is 6. The smallest absolute Gasteiger partial charge is 0.180 e. The van der Waals surface area contributed by atoms with E-state index in [2.05, 4.69) is 30.2 Å². The number of hydrogen-bond acceptors (Lipinski definition) is 6. The summed E-state index contributed by atoms with van der Waals surface area (Å²) in [6, 6.07) is 7.78. The van der Waals surface area contributed by atoms with E-state index in [0.717, 1.165) is 22.7 Å². The molecular formula is C16H13N7. The van der Waals surface area contributed by atoms with E-state index in [1.807, 2.05) is 35.0 Å². The van der Waals surface area contributed by atoms with E-state index in [1.54, 1.807) is 31.1 Å². The zero-order valence-electron chi connectivity index (χ0n) is 12.2. The van der Waals surface area contributed by atoms with E-state index in [4.69, 9.17) is 0 Å². The van der Waals surface area contributed by atoms with Crippen molar-refractivity contribution in [1.29, 1.82) is 0 Å². The average Bonchev–Trinajstić information content (AvgIpc) is 3.15. The van der Waals surface area contributed by atoms with Gasteiger partial charge < -0.3 is 5.32 Å². The fourth-order valence-electron chi connectivity index (χ4n) is 2.25. The Bertz CT molecular complexity index is 934. The van der Waals surface area contributed by atoms with Crippen molar-refractivity contribution < 1.29 is 0 Å². The lowest BCUT2D eigenvalue weighted by Crippen LogP contribution is -2.03. The number of aromatic nitrogens is 6. The van der Waals surface area contributed by atoms with Crippen LogP contribution in [-0.4, -0.2) is 29.5 Å². The van der Waals surface area contributed by atoms with Gasteiger partial charge in [-0.2, -0.15) is 0 Å². The van der Waals surface area contributed by atoms with E-state index in [1.165, 1.54) is 0 Å². The van der Waals surface area contributed by atoms with Gasteiger partial charge in [-0.25, -0.2) is 19.9 Å². The maximum absolute atomic E-state index is 4.45. The summed E-state index contributed by atoms with van der Waals surface area (Å²) >= 11 is 0. The first-order chi connectivity index (χ1) is 11.4. The molecule has 4 aromatic heterocycles. The van der Waals surface area contributed by atoms with Crippen molar-refractivity contribution in [2.45, 2.75) is 6.54 Å². The van der Waals surface area contributed by atoms with Crippen molar-refractivity contribution in [1.82, 2.24) is 29.5 Å². The third-order valence-electron chi connectivity index (χ3n) is 3.38. The molecule has 4 heterocycles. The largest absolute Gasteiger partial charge is 0.366 e. The molecule has 0 fully saturated rings. The van der Waals surface area contributed by atoms with Gasteiger partial charge >= 0.3 is 0 Å². The minimum absolute atomic E-state index is 0.631. The molecule has 0 aliphatic carbocycles. The summed E-state index contributed by atoms with van der Waals surface area (Å²) in [6.45, 7) is 0.642. The predicted molar refractivity (Wildman–Crippen MR) is 86.0 cm³/mol. The van der Waals surface area contributed by atoms with Crippen LogP contribution in [-0.2, 0) is 6.54 Å². The summed E-state index contributed by atoms with van der Waals surface area (Å²) < 4.78 is 1.87. The van der Waals surface area contributed by atoms with Crippen LogP contribution in [0.5, 0.6) is 0 Å². The molecule has 23 heavy (non-hydrogen) atoms. The molecular weight excluding hydrogens is 290 g/mol. The Morgan fingerprint density at radius 2 is 1.91 bits per heavy atom. The van der Waals surface area contributed by atoms with Crippen molar-refractivity contribution in [3.63, 3.8) is 0 Å². The van der Waals surface area contributed by atoms with E-state index < -0.39 is 0 Å². The molecule has 0 amide bonds. The molecule has 0 radical (unpaired) electrons. The van der Waals surface area contributed by atoms with Gasteiger partial charge in [0, 0.05) is 37.5 Å². The second kappa shape index (κ2) is 5.80. The Morgan fingerprint density at radius 3 is 2.83 bits per heavy atom. The zero-order valence-corrected chi connectivity index (χ0v) is 12.2. The second-order valence-electron chi connectivity index (χ2n) is 4.94. The molecule has 0 saturated heterocycles. The molecule has 0 aromatic carbocycles. The summed E-state index contributed by atoms with van der Waals surface area (Å²) in [6.07, 6.45) is 10.4. The second-order valence-corrected chi connectivity index (χ2v) is 4.94. The molecule has 0 aliphatic heterocycles. The van der Waals surface area contributed by atoms with Gasteiger partial charge in [0.2, 0.25) is 0 Å². The summed E-state index contributed by atoms with van der Waals surface area (Å²) in [5.74, 6) is 1.60. The fourth-order valence-corrected chi connectivity index (χ4v) is 2.25. The molecule has 0 bridgehead atoms. The number of anilines is 1. The van der Waals surface area contributed by atoms with E-state index in [0.29, 0.717) is 12.2 Å². The molecule has 0 unspecified atom stereocenters.